The molecule has 4 heteroatoms. The van der Waals surface area contributed by atoms with Crippen molar-refractivity contribution in [3.63, 3.8) is 0 Å². The van der Waals surface area contributed by atoms with E-state index in [0.717, 1.165) is 24.0 Å². The molecule has 0 saturated heterocycles. The van der Waals surface area contributed by atoms with Gasteiger partial charge in [-0.15, -0.1) is 0 Å². The second-order valence-corrected chi connectivity index (χ2v) is 6.06. The molecule has 22 heavy (non-hydrogen) atoms. The standard InChI is InChI=1S/C18H27NO3/c1-3-17(22-14-9-5-6-10-14)18(21)19-12-16(20)15-11-7-4-8-13(15)2/h4,7-8,11,14,16-17,20H,3,5-6,9-10,12H2,1-2H3,(H,19,21). The highest BCUT2D eigenvalue weighted by atomic mass is 16.5. The van der Waals surface area contributed by atoms with Crippen molar-refractivity contribution in [2.45, 2.75) is 64.3 Å². The Labute approximate surface area is 132 Å². The number of aliphatic hydroxyl groups is 1. The summed E-state index contributed by atoms with van der Waals surface area (Å²) >= 11 is 0. The number of ether oxygens (including phenoxy) is 1. The van der Waals surface area contributed by atoms with E-state index in [0.29, 0.717) is 6.42 Å². The van der Waals surface area contributed by atoms with E-state index in [1.165, 1.54) is 12.8 Å². The number of hydrogen-bond acceptors (Lipinski definition) is 3. The van der Waals surface area contributed by atoms with E-state index >= 15 is 0 Å². The Morgan fingerprint density at radius 2 is 2.05 bits per heavy atom. The van der Waals surface area contributed by atoms with E-state index in [1.54, 1.807) is 0 Å². The number of benzene rings is 1. The maximum Gasteiger partial charge on any atom is 0.249 e. The fourth-order valence-corrected chi connectivity index (χ4v) is 2.98. The molecule has 1 fully saturated rings. The number of aryl methyl sites for hydroxylation is 1. The molecule has 0 spiro atoms. The van der Waals surface area contributed by atoms with Crippen LogP contribution in [0.15, 0.2) is 24.3 Å². The summed E-state index contributed by atoms with van der Waals surface area (Å²) < 4.78 is 5.89. The van der Waals surface area contributed by atoms with Crippen molar-refractivity contribution in [2.24, 2.45) is 0 Å². The number of carbonyl (C=O) groups is 1. The van der Waals surface area contributed by atoms with Crippen LogP contribution in [-0.4, -0.2) is 29.8 Å². The van der Waals surface area contributed by atoms with Crippen molar-refractivity contribution >= 4 is 5.91 Å². The van der Waals surface area contributed by atoms with E-state index in [1.807, 2.05) is 38.1 Å². The normalized spacial score (nSPS) is 18.1. The number of aliphatic hydroxyl groups excluding tert-OH is 1. The average molecular weight is 305 g/mol. The Kier molecular flexibility index (Phi) is 6.40. The maximum atomic E-state index is 12.2. The second kappa shape index (κ2) is 8.30. The maximum absolute atomic E-state index is 12.2. The summed E-state index contributed by atoms with van der Waals surface area (Å²) in [7, 11) is 0. The van der Waals surface area contributed by atoms with Gasteiger partial charge in [0.15, 0.2) is 0 Å². The van der Waals surface area contributed by atoms with Gasteiger partial charge in [-0.3, -0.25) is 4.79 Å². The lowest BCUT2D eigenvalue weighted by molar-refractivity contribution is -0.137. The predicted molar refractivity (Wildman–Crippen MR) is 86.6 cm³/mol. The lowest BCUT2D eigenvalue weighted by Crippen LogP contribution is -2.39. The van der Waals surface area contributed by atoms with Gasteiger partial charge in [-0.25, -0.2) is 0 Å². The quantitative estimate of drug-likeness (QED) is 0.814. The van der Waals surface area contributed by atoms with E-state index in [9.17, 15) is 9.90 Å². The monoisotopic (exact) mass is 305 g/mol. The van der Waals surface area contributed by atoms with Crippen molar-refractivity contribution in [3.8, 4) is 0 Å². The van der Waals surface area contributed by atoms with Crippen LogP contribution in [0, 0.1) is 6.92 Å². The first-order valence-electron chi connectivity index (χ1n) is 8.28. The van der Waals surface area contributed by atoms with Crippen LogP contribution < -0.4 is 5.32 Å². The predicted octanol–water partition coefficient (Wildman–Crippen LogP) is 2.88. The largest absolute Gasteiger partial charge is 0.387 e. The summed E-state index contributed by atoms with van der Waals surface area (Å²) in [6.45, 7) is 4.13. The van der Waals surface area contributed by atoms with Gasteiger partial charge < -0.3 is 15.2 Å². The van der Waals surface area contributed by atoms with Crippen LogP contribution in [0.2, 0.25) is 0 Å². The summed E-state index contributed by atoms with van der Waals surface area (Å²) in [5, 5.41) is 13.1. The van der Waals surface area contributed by atoms with Crippen molar-refractivity contribution in [1.82, 2.24) is 5.32 Å². The molecular formula is C18H27NO3. The zero-order chi connectivity index (χ0) is 15.9. The summed E-state index contributed by atoms with van der Waals surface area (Å²) in [5.74, 6) is -0.123. The average Bonchev–Trinajstić information content (AvgIpc) is 3.03. The van der Waals surface area contributed by atoms with Crippen LogP contribution in [0.4, 0.5) is 0 Å². The third-order valence-corrected chi connectivity index (χ3v) is 4.34. The molecule has 1 aliphatic rings. The molecule has 0 aromatic heterocycles. The molecule has 122 valence electrons. The van der Waals surface area contributed by atoms with Gasteiger partial charge in [0.05, 0.1) is 12.2 Å². The Balaban J connectivity index is 1.83. The van der Waals surface area contributed by atoms with Crippen LogP contribution in [0.3, 0.4) is 0 Å². The van der Waals surface area contributed by atoms with Gasteiger partial charge >= 0.3 is 0 Å². The third kappa shape index (κ3) is 4.55. The number of nitrogens with one attached hydrogen (secondary N) is 1. The van der Waals surface area contributed by atoms with Crippen LogP contribution in [0.25, 0.3) is 0 Å². The molecular weight excluding hydrogens is 278 g/mol. The molecule has 2 atom stereocenters. The Morgan fingerprint density at radius 3 is 2.68 bits per heavy atom. The molecule has 1 aromatic rings. The number of amides is 1. The number of carbonyl (C=O) groups excluding carboxylic acids is 1. The molecule has 1 aliphatic carbocycles. The fraction of sp³-hybridized carbons (Fsp3) is 0.611. The van der Waals surface area contributed by atoms with Crippen molar-refractivity contribution in [3.05, 3.63) is 35.4 Å². The van der Waals surface area contributed by atoms with Gasteiger partial charge in [0, 0.05) is 6.54 Å². The highest BCUT2D eigenvalue weighted by Crippen LogP contribution is 2.23. The van der Waals surface area contributed by atoms with Crippen molar-refractivity contribution in [1.29, 1.82) is 0 Å². The van der Waals surface area contributed by atoms with Gasteiger partial charge in [-0.05, 0) is 37.3 Å². The van der Waals surface area contributed by atoms with E-state index in [4.69, 9.17) is 4.74 Å². The summed E-state index contributed by atoms with van der Waals surface area (Å²) in [5.41, 5.74) is 1.88. The first-order valence-corrected chi connectivity index (χ1v) is 8.28. The Bertz CT molecular complexity index is 483. The Morgan fingerprint density at radius 1 is 1.36 bits per heavy atom. The van der Waals surface area contributed by atoms with Crippen molar-refractivity contribution in [2.75, 3.05) is 6.54 Å². The zero-order valence-electron chi connectivity index (χ0n) is 13.5. The highest BCUT2D eigenvalue weighted by Gasteiger charge is 2.24. The lowest BCUT2D eigenvalue weighted by atomic mass is 10.0. The number of hydrogen-bond donors (Lipinski definition) is 2. The minimum absolute atomic E-state index is 0.123. The highest BCUT2D eigenvalue weighted by molar-refractivity contribution is 5.80. The van der Waals surface area contributed by atoms with Crippen molar-refractivity contribution < 1.29 is 14.6 Å². The molecule has 0 heterocycles. The summed E-state index contributed by atoms with van der Waals surface area (Å²) in [6.07, 6.45) is 4.26. The molecule has 4 nitrogen and oxygen atoms in total. The van der Waals surface area contributed by atoms with Crippen LogP contribution in [0.5, 0.6) is 0 Å². The SMILES string of the molecule is CCC(OC1CCCC1)C(=O)NCC(O)c1ccccc1C. The number of rotatable bonds is 7. The minimum atomic E-state index is -0.686. The van der Waals surface area contributed by atoms with Crippen LogP contribution in [0.1, 0.15) is 56.3 Å². The topological polar surface area (TPSA) is 58.6 Å². The summed E-state index contributed by atoms with van der Waals surface area (Å²) in [4.78, 5) is 12.2. The van der Waals surface area contributed by atoms with E-state index in [2.05, 4.69) is 5.32 Å². The minimum Gasteiger partial charge on any atom is -0.387 e. The third-order valence-electron chi connectivity index (χ3n) is 4.34. The molecule has 0 aliphatic heterocycles. The van der Waals surface area contributed by atoms with E-state index in [-0.39, 0.29) is 18.6 Å². The smallest absolute Gasteiger partial charge is 0.249 e. The second-order valence-electron chi connectivity index (χ2n) is 6.06. The fourth-order valence-electron chi connectivity index (χ4n) is 2.98. The summed E-state index contributed by atoms with van der Waals surface area (Å²) in [6, 6.07) is 7.68. The molecule has 1 saturated carbocycles. The molecule has 0 radical (unpaired) electrons. The molecule has 2 rings (SSSR count). The van der Waals surface area contributed by atoms with Crippen LogP contribution in [-0.2, 0) is 9.53 Å². The van der Waals surface area contributed by atoms with Gasteiger partial charge in [-0.1, -0.05) is 44.0 Å². The lowest BCUT2D eigenvalue weighted by Gasteiger charge is -2.21. The Hall–Kier alpha value is -1.39. The molecule has 1 aromatic carbocycles. The van der Waals surface area contributed by atoms with E-state index < -0.39 is 12.2 Å². The van der Waals surface area contributed by atoms with Gasteiger partial charge in [0.25, 0.3) is 0 Å². The molecule has 2 unspecified atom stereocenters. The first-order chi connectivity index (χ1) is 10.6. The molecule has 1 amide bonds. The van der Waals surface area contributed by atoms with Gasteiger partial charge in [0.2, 0.25) is 5.91 Å². The van der Waals surface area contributed by atoms with Gasteiger partial charge in [0.1, 0.15) is 6.10 Å². The first kappa shape index (κ1) is 17.0. The van der Waals surface area contributed by atoms with Gasteiger partial charge in [-0.2, -0.15) is 0 Å². The zero-order valence-corrected chi connectivity index (χ0v) is 13.5. The van der Waals surface area contributed by atoms with Crippen LogP contribution >= 0.6 is 0 Å². The molecule has 2 N–H and O–H groups in total. The molecule has 0 bridgehead atoms.